The van der Waals surface area contributed by atoms with Crippen LogP contribution in [-0.2, 0) is 27.9 Å². The van der Waals surface area contributed by atoms with Crippen LogP contribution in [0.25, 0.3) is 4.85 Å². The number of phenols is 1. The molecule has 1 fully saturated rings. The highest BCUT2D eigenvalue weighted by Gasteiger charge is 2.39. The lowest BCUT2D eigenvalue weighted by Crippen LogP contribution is -2.43. The lowest BCUT2D eigenvalue weighted by Gasteiger charge is -2.28. The molecule has 0 spiro atoms. The zero-order chi connectivity index (χ0) is 37.0. The number of benzene rings is 4. The van der Waals surface area contributed by atoms with E-state index in [2.05, 4.69) is 4.85 Å². The van der Waals surface area contributed by atoms with E-state index in [-0.39, 0.29) is 27.8 Å². The van der Waals surface area contributed by atoms with Crippen molar-refractivity contribution in [2.75, 3.05) is 11.4 Å². The fourth-order valence-corrected chi connectivity index (χ4v) is 7.53. The molecule has 0 heterocycles. The van der Waals surface area contributed by atoms with Gasteiger partial charge in [0.25, 0.3) is 0 Å². The number of hydrogen-bond donors (Lipinski definition) is 2. The largest absolute Gasteiger partial charge is 0.507 e. The normalized spacial score (nSPS) is 13.6. The SMILES string of the molecule is [C-]#[N+]c1cccc(CN(CC(=O)N(Cc2ccc(C3CCCCC3)cc2)c2ccc(C(=O)O)c(O)c2)S(=O)(=O)c2c(F)c(F)c(F)c(F)c2F)c1. The maximum Gasteiger partial charge on any atom is 0.339 e. The number of nitrogens with zero attached hydrogens (tertiary/aromatic N) is 3. The van der Waals surface area contributed by atoms with E-state index in [0.29, 0.717) is 11.5 Å². The van der Waals surface area contributed by atoms with Crippen molar-refractivity contribution in [3.63, 3.8) is 0 Å². The van der Waals surface area contributed by atoms with E-state index in [4.69, 9.17) is 6.57 Å². The lowest BCUT2D eigenvalue weighted by molar-refractivity contribution is -0.119. The van der Waals surface area contributed by atoms with E-state index in [1.807, 2.05) is 12.1 Å². The van der Waals surface area contributed by atoms with Gasteiger partial charge in [0.05, 0.1) is 19.7 Å². The van der Waals surface area contributed by atoms with Gasteiger partial charge in [-0.3, -0.25) is 4.79 Å². The first-order valence-corrected chi connectivity index (χ1v) is 17.1. The Balaban J connectivity index is 1.57. The number of halogens is 5. The summed E-state index contributed by atoms with van der Waals surface area (Å²) in [7, 11) is -5.69. The van der Waals surface area contributed by atoms with Crippen molar-refractivity contribution in [1.29, 1.82) is 0 Å². The summed E-state index contributed by atoms with van der Waals surface area (Å²) in [5.74, 6) is -15.8. The molecule has 0 radical (unpaired) electrons. The highest BCUT2D eigenvalue weighted by molar-refractivity contribution is 7.89. The Morgan fingerprint density at radius 2 is 1.43 bits per heavy atom. The molecule has 9 nitrogen and oxygen atoms in total. The van der Waals surface area contributed by atoms with Gasteiger partial charge < -0.3 is 15.1 Å². The van der Waals surface area contributed by atoms with E-state index in [9.17, 15) is 50.2 Å². The van der Waals surface area contributed by atoms with Crippen molar-refractivity contribution in [2.24, 2.45) is 0 Å². The zero-order valence-corrected chi connectivity index (χ0v) is 27.6. The van der Waals surface area contributed by atoms with Crippen LogP contribution in [0.3, 0.4) is 0 Å². The molecule has 4 aromatic carbocycles. The molecule has 0 atom stereocenters. The van der Waals surface area contributed by atoms with Crippen LogP contribution in [0.4, 0.5) is 33.3 Å². The molecule has 1 aliphatic carbocycles. The summed E-state index contributed by atoms with van der Waals surface area (Å²) >= 11 is 0. The van der Waals surface area contributed by atoms with Crippen molar-refractivity contribution >= 4 is 33.3 Å². The van der Waals surface area contributed by atoms with Crippen LogP contribution in [0.2, 0.25) is 0 Å². The quantitative estimate of drug-likeness (QED) is 0.0705. The number of aromatic carboxylic acids is 1. The zero-order valence-electron chi connectivity index (χ0n) is 26.8. The Morgan fingerprint density at radius 1 is 0.804 bits per heavy atom. The third kappa shape index (κ3) is 7.87. The van der Waals surface area contributed by atoms with Crippen molar-refractivity contribution in [1.82, 2.24) is 4.31 Å². The molecule has 4 aromatic rings. The minimum absolute atomic E-state index is 0.0275. The van der Waals surface area contributed by atoms with Gasteiger partial charge in [0.1, 0.15) is 11.3 Å². The third-order valence-corrected chi connectivity index (χ3v) is 10.5. The molecular weight excluding hydrogens is 697 g/mol. The lowest BCUT2D eigenvalue weighted by atomic mass is 9.84. The van der Waals surface area contributed by atoms with Gasteiger partial charge in [-0.15, -0.1) is 0 Å². The molecular formula is C36H30F5N3O6S. The molecule has 0 unspecified atom stereocenters. The van der Waals surface area contributed by atoms with Crippen LogP contribution < -0.4 is 4.90 Å². The fourth-order valence-electron chi connectivity index (χ4n) is 6.04. The monoisotopic (exact) mass is 727 g/mol. The molecule has 5 rings (SSSR count). The highest BCUT2D eigenvalue weighted by Crippen LogP contribution is 2.34. The smallest absolute Gasteiger partial charge is 0.339 e. The van der Waals surface area contributed by atoms with E-state index in [0.717, 1.165) is 54.7 Å². The van der Waals surface area contributed by atoms with Crippen LogP contribution >= 0.6 is 0 Å². The molecule has 15 heteroatoms. The number of sulfonamides is 1. The first-order chi connectivity index (χ1) is 24.2. The number of carbonyl (C=O) groups is 2. The Labute approximate surface area is 290 Å². The number of carboxylic acid groups (broad SMARTS) is 1. The van der Waals surface area contributed by atoms with Crippen molar-refractivity contribution in [2.45, 2.75) is 56.0 Å². The van der Waals surface area contributed by atoms with Crippen LogP contribution in [0, 0.1) is 35.7 Å². The van der Waals surface area contributed by atoms with E-state index < -0.39 is 80.3 Å². The molecule has 1 amide bonds. The maximum absolute atomic E-state index is 14.9. The summed E-state index contributed by atoms with van der Waals surface area (Å²) in [6, 6.07) is 15.7. The van der Waals surface area contributed by atoms with Gasteiger partial charge in [-0.2, -0.15) is 4.31 Å². The Kier molecular flexibility index (Phi) is 11.1. The molecule has 1 aliphatic rings. The van der Waals surface area contributed by atoms with Gasteiger partial charge in [-0.1, -0.05) is 67.8 Å². The molecule has 0 aromatic heterocycles. The molecule has 0 bridgehead atoms. The summed E-state index contributed by atoms with van der Waals surface area (Å²) in [6.45, 7) is 4.92. The predicted octanol–water partition coefficient (Wildman–Crippen LogP) is 7.81. The van der Waals surface area contributed by atoms with Crippen molar-refractivity contribution in [3.05, 3.63) is 129 Å². The van der Waals surface area contributed by atoms with Gasteiger partial charge >= 0.3 is 5.97 Å². The van der Waals surface area contributed by atoms with Gasteiger partial charge in [-0.25, -0.2) is 40.0 Å². The summed E-state index contributed by atoms with van der Waals surface area (Å²) < 4.78 is 100. The van der Waals surface area contributed by atoms with E-state index in [1.54, 1.807) is 12.1 Å². The molecule has 0 saturated heterocycles. The average Bonchev–Trinajstić information content (AvgIpc) is 3.12. The maximum atomic E-state index is 14.9. The second kappa shape index (κ2) is 15.3. The first-order valence-electron chi connectivity index (χ1n) is 15.7. The Bertz CT molecular complexity index is 2110. The van der Waals surface area contributed by atoms with E-state index in [1.165, 1.54) is 30.3 Å². The minimum Gasteiger partial charge on any atom is -0.507 e. The molecule has 266 valence electrons. The second-order valence-electron chi connectivity index (χ2n) is 12.0. The predicted molar refractivity (Wildman–Crippen MR) is 175 cm³/mol. The molecule has 2 N–H and O–H groups in total. The summed E-state index contributed by atoms with van der Waals surface area (Å²) in [5, 5.41) is 19.8. The van der Waals surface area contributed by atoms with Crippen LogP contribution in [0.5, 0.6) is 5.75 Å². The average molecular weight is 728 g/mol. The number of aromatic hydroxyl groups is 1. The Morgan fingerprint density at radius 3 is 2.02 bits per heavy atom. The highest BCUT2D eigenvalue weighted by atomic mass is 32.2. The number of carbonyl (C=O) groups excluding carboxylic acids is 1. The third-order valence-electron chi connectivity index (χ3n) is 8.70. The van der Waals surface area contributed by atoms with E-state index >= 15 is 0 Å². The Hall–Kier alpha value is -5.33. The summed E-state index contributed by atoms with van der Waals surface area (Å²) in [6.07, 6.45) is 5.38. The summed E-state index contributed by atoms with van der Waals surface area (Å²) in [5.41, 5.74) is 1.09. The molecule has 51 heavy (non-hydrogen) atoms. The fraction of sp³-hybridized carbons (Fsp3) is 0.250. The van der Waals surface area contributed by atoms with Gasteiger partial charge in [0.2, 0.25) is 21.7 Å². The number of carboxylic acids is 1. The number of hydrogen-bond acceptors (Lipinski definition) is 5. The molecule has 0 aliphatic heterocycles. The second-order valence-corrected chi connectivity index (χ2v) is 13.9. The first kappa shape index (κ1) is 36.9. The van der Waals surface area contributed by atoms with Gasteiger partial charge in [0, 0.05) is 18.3 Å². The standard InChI is InChI=1S/C36H30F5N3O6S/c1-42-25-9-5-6-22(16-25)18-43(51(49,50)35-33(40)31(38)30(37)32(39)34(35)41)20-29(46)44(26-14-15-27(36(47)48)28(45)17-26)19-21-10-12-24(13-11-21)23-7-3-2-4-8-23/h5-6,9-17,23,45H,2-4,7-8,18-20H2,(H,47,48). The molecule has 1 saturated carbocycles. The van der Waals surface area contributed by atoms with Gasteiger partial charge in [0.15, 0.2) is 33.9 Å². The minimum atomic E-state index is -5.69. The number of rotatable bonds is 11. The van der Waals surface area contributed by atoms with Crippen LogP contribution in [0.15, 0.2) is 71.6 Å². The van der Waals surface area contributed by atoms with Crippen LogP contribution in [0.1, 0.15) is 65.1 Å². The topological polar surface area (TPSA) is 120 Å². The summed E-state index contributed by atoms with van der Waals surface area (Å²) in [4.78, 5) is 27.7. The van der Waals surface area contributed by atoms with Crippen molar-refractivity contribution in [3.8, 4) is 5.75 Å². The number of anilines is 1. The van der Waals surface area contributed by atoms with Crippen molar-refractivity contribution < 1.29 is 50.2 Å². The van der Waals surface area contributed by atoms with Gasteiger partial charge in [-0.05, 0) is 47.6 Å². The number of amides is 1. The van der Waals surface area contributed by atoms with Crippen LogP contribution in [-0.4, -0.2) is 41.4 Å².